The predicted molar refractivity (Wildman–Crippen MR) is 119 cm³/mol. The topological polar surface area (TPSA) is 60.7 Å². The van der Waals surface area contributed by atoms with Crippen molar-refractivity contribution in [1.29, 1.82) is 0 Å². The number of rotatable bonds is 4. The maximum atomic E-state index is 9.59. The molecule has 3 aromatic carbocycles. The van der Waals surface area contributed by atoms with Crippen molar-refractivity contribution in [2.24, 2.45) is 0 Å². The van der Waals surface area contributed by atoms with Gasteiger partial charge < -0.3 is 15.3 Å². The zero-order chi connectivity index (χ0) is 21.1. The van der Waals surface area contributed by atoms with Crippen molar-refractivity contribution in [2.45, 2.75) is 18.8 Å². The maximum Gasteiger partial charge on any atom is 0.115 e. The highest BCUT2D eigenvalue weighted by atomic mass is 16.3. The lowest BCUT2D eigenvalue weighted by molar-refractivity contribution is 0.471. The molecule has 2 aliphatic carbocycles. The molecule has 0 saturated heterocycles. The van der Waals surface area contributed by atoms with E-state index in [1.54, 1.807) is 36.4 Å². The van der Waals surface area contributed by atoms with E-state index in [1.807, 2.05) is 36.4 Å². The van der Waals surface area contributed by atoms with Crippen molar-refractivity contribution in [3.8, 4) is 17.2 Å². The minimum absolute atomic E-state index is 0.233. The van der Waals surface area contributed by atoms with Crippen molar-refractivity contribution in [3.05, 3.63) is 124 Å². The predicted octanol–water partition coefficient (Wildman–Crippen LogP) is 5.64. The zero-order valence-corrected chi connectivity index (χ0v) is 16.8. The molecule has 3 nitrogen and oxygen atoms in total. The quantitative estimate of drug-likeness (QED) is 0.368. The van der Waals surface area contributed by atoms with Gasteiger partial charge in [-0.3, -0.25) is 0 Å². The van der Waals surface area contributed by atoms with Crippen LogP contribution in [0.2, 0.25) is 0 Å². The molecular weight excluding hydrogens is 372 g/mol. The van der Waals surface area contributed by atoms with Gasteiger partial charge in [0.25, 0.3) is 0 Å². The minimum atomic E-state index is -0.335. The average molecular weight is 396 g/mol. The summed E-state index contributed by atoms with van der Waals surface area (Å²) in [5.41, 5.74) is 2.90. The highest BCUT2D eigenvalue weighted by molar-refractivity contribution is 5.44. The molecule has 30 heavy (non-hydrogen) atoms. The van der Waals surface area contributed by atoms with Gasteiger partial charge in [-0.25, -0.2) is 0 Å². The summed E-state index contributed by atoms with van der Waals surface area (Å²) in [5.74, 6) is 0.711. The van der Waals surface area contributed by atoms with E-state index in [4.69, 9.17) is 0 Å². The molecule has 0 bridgehead atoms. The number of hydrogen-bond donors (Lipinski definition) is 3. The highest BCUT2D eigenvalue weighted by Gasteiger charge is 2.29. The van der Waals surface area contributed by atoms with E-state index < -0.39 is 0 Å². The van der Waals surface area contributed by atoms with E-state index in [-0.39, 0.29) is 22.7 Å². The Morgan fingerprint density at radius 3 is 1.13 bits per heavy atom. The van der Waals surface area contributed by atoms with Crippen LogP contribution >= 0.6 is 0 Å². The van der Waals surface area contributed by atoms with Crippen LogP contribution in [0, 0.1) is 10.4 Å². The van der Waals surface area contributed by atoms with Crippen LogP contribution in [0.1, 0.15) is 23.6 Å². The standard InChI is InChI=1S/C21H20O3.C6H4/c1-21(16-4-10-19(23)11-5-16,17-6-12-20(24)13-7-17)14-15-2-8-18(22)9-3-15;1-2-6-4-3-5(1)6/h2-13,22-24H,14H2,1H3;1-4H. The molecule has 0 amide bonds. The van der Waals surface area contributed by atoms with Gasteiger partial charge in [0.15, 0.2) is 0 Å². The fourth-order valence-corrected chi connectivity index (χ4v) is 3.71. The summed E-state index contributed by atoms with van der Waals surface area (Å²) in [5, 5.41) is 31.5. The normalized spacial score (nSPS) is 11.4. The first-order valence-electron chi connectivity index (χ1n) is 9.91. The van der Waals surface area contributed by atoms with Gasteiger partial charge in [0.2, 0.25) is 0 Å². The van der Waals surface area contributed by atoms with Crippen LogP contribution in [0.15, 0.2) is 97.1 Å². The summed E-state index contributed by atoms with van der Waals surface area (Å²) in [6, 6.07) is 30.1. The number of benzene rings is 4. The lowest BCUT2D eigenvalue weighted by Crippen LogP contribution is -2.26. The molecule has 3 aromatic rings. The first-order valence-corrected chi connectivity index (χ1v) is 9.91. The van der Waals surface area contributed by atoms with Gasteiger partial charge in [-0.15, -0.1) is 0 Å². The summed E-state index contributed by atoms with van der Waals surface area (Å²) in [6.45, 7) is 2.14. The van der Waals surface area contributed by atoms with Gasteiger partial charge in [0.1, 0.15) is 17.2 Å². The summed E-state index contributed by atoms with van der Waals surface area (Å²) in [7, 11) is 0. The van der Waals surface area contributed by atoms with Crippen LogP contribution in [-0.4, -0.2) is 15.3 Å². The summed E-state index contributed by atoms with van der Waals surface area (Å²) in [4.78, 5) is 0. The molecule has 0 fully saturated rings. The number of hydrogen-bond acceptors (Lipinski definition) is 3. The minimum Gasteiger partial charge on any atom is -0.508 e. The van der Waals surface area contributed by atoms with Crippen molar-refractivity contribution < 1.29 is 15.3 Å². The van der Waals surface area contributed by atoms with Gasteiger partial charge in [-0.1, -0.05) is 67.6 Å². The van der Waals surface area contributed by atoms with E-state index >= 15 is 0 Å². The molecule has 0 spiro atoms. The second kappa shape index (κ2) is 7.96. The Bertz CT molecular complexity index is 1130. The first kappa shape index (κ1) is 19.6. The molecule has 3 N–H and O–H groups in total. The Morgan fingerprint density at radius 1 is 0.500 bits per heavy atom. The molecule has 0 saturated carbocycles. The van der Waals surface area contributed by atoms with Crippen molar-refractivity contribution in [2.75, 3.05) is 0 Å². The lowest BCUT2D eigenvalue weighted by atomic mass is 9.72. The molecular formula is C27H24O3. The molecule has 0 radical (unpaired) electrons. The van der Waals surface area contributed by atoms with Crippen LogP contribution in [-0.2, 0) is 11.8 Å². The van der Waals surface area contributed by atoms with Crippen LogP contribution in [0.25, 0.3) is 0 Å². The van der Waals surface area contributed by atoms with Gasteiger partial charge in [-0.2, -0.15) is 0 Å². The molecule has 0 atom stereocenters. The highest BCUT2D eigenvalue weighted by Crippen LogP contribution is 2.37. The number of phenols is 3. The molecule has 0 aliphatic heterocycles. The largest absolute Gasteiger partial charge is 0.508 e. The van der Waals surface area contributed by atoms with E-state index in [1.165, 1.54) is 10.4 Å². The maximum absolute atomic E-state index is 9.59. The smallest absolute Gasteiger partial charge is 0.115 e. The van der Waals surface area contributed by atoms with Gasteiger partial charge in [0, 0.05) is 5.41 Å². The molecule has 5 rings (SSSR count). The molecule has 150 valence electrons. The second-order valence-electron chi connectivity index (χ2n) is 7.85. The van der Waals surface area contributed by atoms with Gasteiger partial charge in [-0.05, 0) is 69.9 Å². The van der Waals surface area contributed by atoms with E-state index in [2.05, 4.69) is 31.2 Å². The molecule has 3 heteroatoms. The zero-order valence-electron chi connectivity index (χ0n) is 16.8. The Kier molecular flexibility index (Phi) is 5.20. The molecule has 0 unspecified atom stereocenters. The Balaban J connectivity index is 0.000000305. The van der Waals surface area contributed by atoms with E-state index in [0.29, 0.717) is 0 Å². The van der Waals surface area contributed by atoms with Gasteiger partial charge in [0.05, 0.1) is 0 Å². The van der Waals surface area contributed by atoms with Crippen LogP contribution < -0.4 is 0 Å². The molecule has 0 heterocycles. The lowest BCUT2D eigenvalue weighted by Gasteiger charge is -2.31. The third-order valence-electron chi connectivity index (χ3n) is 5.72. The van der Waals surface area contributed by atoms with Crippen LogP contribution in [0.3, 0.4) is 0 Å². The Hall–Kier alpha value is -3.72. The fraction of sp³-hybridized carbons (Fsp3) is 0.111. The van der Waals surface area contributed by atoms with E-state index in [0.717, 1.165) is 23.1 Å². The summed E-state index contributed by atoms with van der Waals surface area (Å²) in [6.07, 6.45) is 0.725. The monoisotopic (exact) mass is 396 g/mol. The second-order valence-corrected chi connectivity index (χ2v) is 7.85. The average Bonchev–Trinajstić information content (AvgIpc) is 2.73. The Labute approximate surface area is 175 Å². The Morgan fingerprint density at radius 2 is 0.833 bits per heavy atom. The van der Waals surface area contributed by atoms with Crippen LogP contribution in [0.5, 0.6) is 17.2 Å². The number of phenolic OH excluding ortho intramolecular Hbond substituents is 3. The SMILES string of the molecule is CC(Cc1ccc(O)cc1)(c1ccc(O)cc1)c1ccc(O)cc1.c1cc2ccc1=2. The third kappa shape index (κ3) is 4.01. The fourth-order valence-electron chi connectivity index (χ4n) is 3.71. The third-order valence-corrected chi connectivity index (χ3v) is 5.72. The van der Waals surface area contributed by atoms with E-state index in [9.17, 15) is 15.3 Å². The summed E-state index contributed by atoms with van der Waals surface area (Å²) < 4.78 is 0. The van der Waals surface area contributed by atoms with Crippen molar-refractivity contribution >= 4 is 0 Å². The molecule has 0 aromatic heterocycles. The molecule has 2 aliphatic rings. The first-order chi connectivity index (χ1) is 14.4. The van der Waals surface area contributed by atoms with Crippen molar-refractivity contribution in [3.63, 3.8) is 0 Å². The number of aromatic hydroxyl groups is 3. The van der Waals surface area contributed by atoms with Crippen molar-refractivity contribution in [1.82, 2.24) is 0 Å². The van der Waals surface area contributed by atoms with Gasteiger partial charge >= 0.3 is 0 Å². The summed E-state index contributed by atoms with van der Waals surface area (Å²) >= 11 is 0. The van der Waals surface area contributed by atoms with Crippen LogP contribution in [0.4, 0.5) is 0 Å².